The van der Waals surface area contributed by atoms with Gasteiger partial charge in [-0.1, -0.05) is 35.1 Å². The highest BCUT2D eigenvalue weighted by atomic mass is 31.0. The van der Waals surface area contributed by atoms with Gasteiger partial charge in [0, 0.05) is 42.3 Å². The zero-order valence-electron chi connectivity index (χ0n) is 34.4. The van der Waals surface area contributed by atoms with E-state index in [-0.39, 0.29) is 77.0 Å². The highest BCUT2D eigenvalue weighted by molar-refractivity contribution is 7.09. The molecule has 20 nitrogen and oxygen atoms in total. The largest absolute Gasteiger partial charge is 0.388 e. The molecule has 338 valence electrons. The number of nitrogens with one attached hydrogen (secondary N) is 6. The maximum atomic E-state index is 12.3. The van der Waals surface area contributed by atoms with E-state index in [1.54, 1.807) is 27.8 Å². The second kappa shape index (κ2) is 44.2. The summed E-state index contributed by atoms with van der Waals surface area (Å²) >= 11 is 0. The third kappa shape index (κ3) is 44.0. The van der Waals surface area contributed by atoms with Gasteiger partial charge in [-0.3, -0.25) is 24.0 Å². The molecule has 1 rings (SSSR count). The van der Waals surface area contributed by atoms with Gasteiger partial charge in [0.25, 0.3) is 0 Å². The fraction of sp³-hybridized carbons (Fsp3) is 0.833. The second-order valence-corrected chi connectivity index (χ2v) is 12.5. The van der Waals surface area contributed by atoms with Crippen molar-refractivity contribution in [3.63, 3.8) is 0 Å². The Morgan fingerprint density at radius 3 is 1.60 bits per heavy atom. The minimum atomic E-state index is -0.861. The van der Waals surface area contributed by atoms with Gasteiger partial charge in [0.05, 0.1) is 79.2 Å². The number of carbonyl (C=O) groups is 6. The Balaban J connectivity index is -0.000000566. The fourth-order valence-electron chi connectivity index (χ4n) is 3.65. The molecule has 0 aromatic carbocycles. The number of carbonyl (C=O) groups excluding carboxylic acids is 6. The van der Waals surface area contributed by atoms with Crippen molar-refractivity contribution in [2.75, 3.05) is 107 Å². The van der Waals surface area contributed by atoms with Crippen LogP contribution < -0.4 is 31.9 Å². The van der Waals surface area contributed by atoms with E-state index in [9.17, 15) is 28.8 Å². The Kier molecular flexibility index (Phi) is 47.1. The maximum absolute atomic E-state index is 12.3. The summed E-state index contributed by atoms with van der Waals surface area (Å²) in [6, 6.07) is -0.861. The Hall–Kier alpha value is -2.91. The summed E-state index contributed by atoms with van der Waals surface area (Å²) in [5.74, 6) is -1.68. The first-order valence-electron chi connectivity index (χ1n) is 18.7. The monoisotopic (exact) mass is 847 g/mol. The number of hydrogen-bond acceptors (Lipinski definition) is 15. The van der Waals surface area contributed by atoms with Crippen molar-refractivity contribution in [1.82, 2.24) is 31.9 Å². The molecule has 5 amide bonds. The number of aliphatic hydroxyl groups is 2. The normalized spacial score (nSPS) is 14.4. The zero-order chi connectivity index (χ0) is 43.0. The molecule has 0 aliphatic carbocycles. The third-order valence-electron chi connectivity index (χ3n) is 6.80. The van der Waals surface area contributed by atoms with Crippen molar-refractivity contribution in [1.29, 1.82) is 0 Å². The molecular formula is C36H75N6O14P. The molecular weight excluding hydrogens is 771 g/mol. The predicted octanol–water partition coefficient (Wildman–Crippen LogP) is -1.19. The highest BCUT2D eigenvalue weighted by Crippen LogP contribution is 2.03. The van der Waals surface area contributed by atoms with Crippen LogP contribution in [0.15, 0.2) is 0 Å². The number of hydrogen-bond donors (Lipinski definition) is 8. The SMILES string of the molecule is C.CCC(=O)NC.CCCC(C)=O.CNCCOCCOCCOCCOCCC(=O)NCC(=O)NC(C(=O)NCC(=O)NCOP)C(C)C.OC1COCC1O. The molecule has 0 radical (unpaired) electrons. The van der Waals surface area contributed by atoms with Gasteiger partial charge in [-0.05, 0) is 26.3 Å². The molecule has 1 aliphatic rings. The molecule has 1 saturated heterocycles. The summed E-state index contributed by atoms with van der Waals surface area (Å²) < 4.78 is 30.7. The topological polar surface area (TPSA) is 270 Å². The molecule has 0 aromatic rings. The molecule has 1 fully saturated rings. The summed E-state index contributed by atoms with van der Waals surface area (Å²) in [6.07, 6.45) is 1.07. The van der Waals surface area contributed by atoms with Crippen molar-refractivity contribution < 1.29 is 67.2 Å². The van der Waals surface area contributed by atoms with Crippen LogP contribution in [-0.4, -0.2) is 170 Å². The lowest BCUT2D eigenvalue weighted by molar-refractivity contribution is -0.132. The Morgan fingerprint density at radius 2 is 1.23 bits per heavy atom. The molecule has 0 bridgehead atoms. The molecule has 57 heavy (non-hydrogen) atoms. The molecule has 0 saturated carbocycles. The predicted molar refractivity (Wildman–Crippen MR) is 218 cm³/mol. The zero-order valence-corrected chi connectivity index (χ0v) is 35.6. The maximum Gasteiger partial charge on any atom is 0.243 e. The minimum Gasteiger partial charge on any atom is -0.388 e. The number of rotatable bonds is 27. The molecule has 8 N–H and O–H groups in total. The van der Waals surface area contributed by atoms with Crippen molar-refractivity contribution in [3.05, 3.63) is 0 Å². The first-order chi connectivity index (χ1) is 26.7. The number of amides is 5. The molecule has 0 spiro atoms. The van der Waals surface area contributed by atoms with Crippen LogP contribution in [0.25, 0.3) is 0 Å². The third-order valence-corrected chi connectivity index (χ3v) is 6.96. The van der Waals surface area contributed by atoms with Crippen LogP contribution >= 0.6 is 9.47 Å². The van der Waals surface area contributed by atoms with E-state index in [1.165, 1.54) is 0 Å². The second-order valence-electron chi connectivity index (χ2n) is 12.1. The Morgan fingerprint density at radius 1 is 0.719 bits per heavy atom. The van der Waals surface area contributed by atoms with Gasteiger partial charge in [0.2, 0.25) is 29.5 Å². The number of ether oxygens (including phenoxy) is 5. The van der Waals surface area contributed by atoms with Crippen molar-refractivity contribution in [3.8, 4) is 0 Å². The van der Waals surface area contributed by atoms with Gasteiger partial charge in [-0.2, -0.15) is 0 Å². The van der Waals surface area contributed by atoms with Gasteiger partial charge in [-0.25, -0.2) is 0 Å². The van der Waals surface area contributed by atoms with Crippen LogP contribution in [0.1, 0.15) is 67.7 Å². The van der Waals surface area contributed by atoms with E-state index >= 15 is 0 Å². The van der Waals surface area contributed by atoms with E-state index < -0.39 is 36.0 Å². The molecule has 1 heterocycles. The van der Waals surface area contributed by atoms with Crippen LogP contribution in [0.5, 0.6) is 0 Å². The van der Waals surface area contributed by atoms with E-state index in [4.69, 9.17) is 29.2 Å². The van der Waals surface area contributed by atoms with E-state index in [2.05, 4.69) is 41.2 Å². The van der Waals surface area contributed by atoms with Crippen molar-refractivity contribution >= 4 is 44.8 Å². The van der Waals surface area contributed by atoms with Gasteiger partial charge >= 0.3 is 0 Å². The standard InChI is InChI=1S/C22H44N5O9P.C5H10O.C4H9NO.C4H8O3.CH4/c1-17(2)21(22(31)25-14-19(29)26-16-36-37)27-20(30)15-24-18(28)4-6-32-8-10-34-12-13-35-11-9-33-7-5-23-3;1-3-4-5(2)6;1-3-4(6)5-2;5-3-1-7-2-4(3)6;/h17,21,23H,4-16,37H2,1-3H3,(H,24,28)(H,25,31)(H,26,29)(H,27,30);3-4H2,1-2H3;3H2,1-2H3,(H,5,6);3-6H,1-2H2;1H4. The van der Waals surface area contributed by atoms with Crippen LogP contribution in [0.4, 0.5) is 0 Å². The average molecular weight is 847 g/mol. The quantitative estimate of drug-likeness (QED) is 0.0274. The summed E-state index contributed by atoms with van der Waals surface area (Å²) in [7, 11) is 5.48. The number of Topliss-reactive ketones (excluding diaryl/α,β-unsaturated/α-hetero) is 1. The van der Waals surface area contributed by atoms with E-state index in [1.807, 2.05) is 30.4 Å². The average Bonchev–Trinajstić information content (AvgIpc) is 3.55. The molecule has 0 aromatic heterocycles. The molecule has 4 unspecified atom stereocenters. The summed E-state index contributed by atoms with van der Waals surface area (Å²) in [5.41, 5.74) is 0. The summed E-state index contributed by atoms with van der Waals surface area (Å²) in [4.78, 5) is 68.1. The lowest BCUT2D eigenvalue weighted by Crippen LogP contribution is -2.53. The van der Waals surface area contributed by atoms with Gasteiger partial charge < -0.3 is 75.1 Å². The fourth-order valence-corrected chi connectivity index (χ4v) is 3.73. The van der Waals surface area contributed by atoms with Crippen LogP contribution in [0.2, 0.25) is 0 Å². The molecule has 4 atom stereocenters. The number of ketones is 1. The Bertz CT molecular complexity index is 1020. The highest BCUT2D eigenvalue weighted by Gasteiger charge is 2.25. The van der Waals surface area contributed by atoms with Gasteiger partial charge in [0.15, 0.2) is 0 Å². The summed E-state index contributed by atoms with van der Waals surface area (Å²) in [5, 5.41) is 32.6. The van der Waals surface area contributed by atoms with Crippen LogP contribution in [0, 0.1) is 5.92 Å². The van der Waals surface area contributed by atoms with E-state index in [0.29, 0.717) is 52.7 Å². The molecule has 21 heteroatoms. The molecule has 1 aliphatic heterocycles. The lowest BCUT2D eigenvalue weighted by atomic mass is 10.0. The van der Waals surface area contributed by atoms with E-state index in [0.717, 1.165) is 19.4 Å². The Labute approximate surface area is 341 Å². The van der Waals surface area contributed by atoms with Crippen molar-refractivity contribution in [2.24, 2.45) is 5.92 Å². The smallest absolute Gasteiger partial charge is 0.243 e. The number of likely N-dealkylation sites (N-methyl/N-ethyl adjacent to an activating group) is 1. The first-order valence-corrected chi connectivity index (χ1v) is 19.2. The van der Waals surface area contributed by atoms with Crippen LogP contribution in [-0.2, 0) is 57.0 Å². The number of aliphatic hydroxyl groups excluding tert-OH is 2. The lowest BCUT2D eigenvalue weighted by Gasteiger charge is -2.21. The van der Waals surface area contributed by atoms with Gasteiger partial charge in [-0.15, -0.1) is 0 Å². The van der Waals surface area contributed by atoms with Gasteiger partial charge in [0.1, 0.15) is 30.8 Å². The van der Waals surface area contributed by atoms with Crippen LogP contribution in [0.3, 0.4) is 0 Å². The van der Waals surface area contributed by atoms with Crippen molar-refractivity contribution in [2.45, 2.75) is 86.0 Å². The minimum absolute atomic E-state index is 0. The summed E-state index contributed by atoms with van der Waals surface area (Å²) in [6.45, 7) is 13.2. The first kappa shape index (κ1) is 60.8.